The standard InChI is InChI=1S/C25H29NO5S/c1-25(2,3)31-24(27)22-18-9-10-19(15-18)23(22)26-32(28,29)21-13-11-20(12-14-21)30-16-17-7-5-4-6-8-17/h4-14,18-19,22-23,26H,15-16H2,1-3H3. The van der Waals surface area contributed by atoms with E-state index in [1.54, 1.807) is 12.1 Å². The first-order valence-electron chi connectivity index (χ1n) is 10.8. The van der Waals surface area contributed by atoms with E-state index >= 15 is 0 Å². The molecule has 2 aliphatic rings. The Bertz CT molecular complexity index is 1090. The fraction of sp³-hybridized carbons (Fsp3) is 0.400. The summed E-state index contributed by atoms with van der Waals surface area (Å²) in [5.41, 5.74) is 0.408. The van der Waals surface area contributed by atoms with Crippen molar-refractivity contribution in [3.05, 3.63) is 72.3 Å². The Balaban J connectivity index is 1.45. The van der Waals surface area contributed by atoms with Gasteiger partial charge in [-0.25, -0.2) is 13.1 Å². The lowest BCUT2D eigenvalue weighted by Gasteiger charge is -2.30. The normalized spacial score (nSPS) is 24.5. The Morgan fingerprint density at radius 3 is 2.31 bits per heavy atom. The molecule has 2 aromatic rings. The second-order valence-electron chi connectivity index (χ2n) is 9.40. The van der Waals surface area contributed by atoms with Crippen LogP contribution in [0.5, 0.6) is 5.75 Å². The molecule has 4 unspecified atom stereocenters. The van der Waals surface area contributed by atoms with Crippen LogP contribution in [0.1, 0.15) is 32.8 Å². The van der Waals surface area contributed by atoms with Crippen molar-refractivity contribution in [3.8, 4) is 5.75 Å². The van der Waals surface area contributed by atoms with Gasteiger partial charge in [0.2, 0.25) is 10.0 Å². The molecule has 1 fully saturated rings. The minimum absolute atomic E-state index is 0.00341. The largest absolute Gasteiger partial charge is 0.489 e. The molecule has 2 aromatic carbocycles. The SMILES string of the molecule is CC(C)(C)OC(=O)C1C2C=CC(C2)C1NS(=O)(=O)c1ccc(OCc2ccccc2)cc1. The molecule has 32 heavy (non-hydrogen) atoms. The van der Waals surface area contributed by atoms with E-state index in [9.17, 15) is 13.2 Å². The van der Waals surface area contributed by atoms with E-state index in [4.69, 9.17) is 9.47 Å². The van der Waals surface area contributed by atoms with E-state index in [0.717, 1.165) is 12.0 Å². The third kappa shape index (κ3) is 5.05. The van der Waals surface area contributed by atoms with Crippen LogP contribution in [0.15, 0.2) is 71.6 Å². The molecule has 0 spiro atoms. The lowest BCUT2D eigenvalue weighted by Crippen LogP contribution is -2.47. The molecule has 1 saturated carbocycles. The minimum Gasteiger partial charge on any atom is -0.489 e. The first-order chi connectivity index (χ1) is 15.1. The zero-order chi connectivity index (χ0) is 22.9. The first kappa shape index (κ1) is 22.6. The van der Waals surface area contributed by atoms with Crippen LogP contribution in [0.25, 0.3) is 0 Å². The maximum absolute atomic E-state index is 13.1. The summed E-state index contributed by atoms with van der Waals surface area (Å²) < 4.78 is 40.3. The van der Waals surface area contributed by atoms with Crippen molar-refractivity contribution in [3.63, 3.8) is 0 Å². The highest BCUT2D eigenvalue weighted by Gasteiger charge is 2.51. The number of nitrogens with one attached hydrogen (secondary N) is 1. The average molecular weight is 456 g/mol. The number of ether oxygens (including phenoxy) is 2. The molecule has 0 aromatic heterocycles. The number of carbonyl (C=O) groups excluding carboxylic acids is 1. The summed E-state index contributed by atoms with van der Waals surface area (Å²) in [6.45, 7) is 5.85. The lowest BCUT2D eigenvalue weighted by molar-refractivity contribution is -0.161. The fourth-order valence-electron chi connectivity index (χ4n) is 4.38. The molecular weight excluding hydrogens is 426 g/mol. The van der Waals surface area contributed by atoms with Crippen molar-refractivity contribution in [2.75, 3.05) is 0 Å². The summed E-state index contributed by atoms with van der Waals surface area (Å²) in [5, 5.41) is 0. The number of benzene rings is 2. The van der Waals surface area contributed by atoms with Crippen LogP contribution in [0.2, 0.25) is 0 Å². The summed E-state index contributed by atoms with van der Waals surface area (Å²) in [5.74, 6) is -0.307. The monoisotopic (exact) mass is 455 g/mol. The maximum atomic E-state index is 13.1. The summed E-state index contributed by atoms with van der Waals surface area (Å²) in [7, 11) is -3.81. The van der Waals surface area contributed by atoms with E-state index in [2.05, 4.69) is 4.72 Å². The predicted molar refractivity (Wildman–Crippen MR) is 121 cm³/mol. The molecular formula is C25H29NO5S. The van der Waals surface area contributed by atoms with Gasteiger partial charge in [0.25, 0.3) is 0 Å². The fourth-order valence-corrected chi connectivity index (χ4v) is 5.69. The van der Waals surface area contributed by atoms with E-state index in [-0.39, 0.29) is 22.7 Å². The molecule has 6 nitrogen and oxygen atoms in total. The molecule has 170 valence electrons. The van der Waals surface area contributed by atoms with Gasteiger partial charge in [-0.05, 0) is 68.9 Å². The molecule has 0 radical (unpaired) electrons. The van der Waals surface area contributed by atoms with Gasteiger partial charge < -0.3 is 9.47 Å². The predicted octanol–water partition coefficient (Wildman–Crippen LogP) is 4.08. The van der Waals surface area contributed by atoms with Crippen molar-refractivity contribution >= 4 is 16.0 Å². The summed E-state index contributed by atoms with van der Waals surface area (Å²) in [4.78, 5) is 12.9. The second kappa shape index (κ2) is 8.71. The van der Waals surface area contributed by atoms with Crippen LogP contribution < -0.4 is 9.46 Å². The van der Waals surface area contributed by atoms with Gasteiger partial charge >= 0.3 is 5.97 Å². The smallest absolute Gasteiger partial charge is 0.311 e. The first-order valence-corrected chi connectivity index (χ1v) is 12.3. The summed E-state index contributed by atoms with van der Waals surface area (Å²) in [6.07, 6.45) is 4.76. The highest BCUT2D eigenvalue weighted by Crippen LogP contribution is 2.45. The molecule has 0 saturated heterocycles. The zero-order valence-corrected chi connectivity index (χ0v) is 19.3. The summed E-state index contributed by atoms with van der Waals surface area (Å²) >= 11 is 0. The van der Waals surface area contributed by atoms with Gasteiger partial charge in [-0.15, -0.1) is 0 Å². The van der Waals surface area contributed by atoms with E-state index in [1.165, 1.54) is 12.1 Å². The summed E-state index contributed by atoms with van der Waals surface area (Å²) in [6, 6.07) is 15.6. The quantitative estimate of drug-likeness (QED) is 0.503. The molecule has 4 atom stereocenters. The number of hydrogen-bond acceptors (Lipinski definition) is 5. The molecule has 0 heterocycles. The number of esters is 1. The number of carbonyl (C=O) groups is 1. The molecule has 7 heteroatoms. The molecule has 4 rings (SSSR count). The van der Waals surface area contributed by atoms with E-state index in [0.29, 0.717) is 12.4 Å². The van der Waals surface area contributed by atoms with Crippen LogP contribution in [0.4, 0.5) is 0 Å². The number of rotatable bonds is 7. The van der Waals surface area contributed by atoms with Crippen molar-refractivity contribution in [2.24, 2.45) is 17.8 Å². The Morgan fingerprint density at radius 1 is 1.00 bits per heavy atom. The molecule has 2 bridgehead atoms. The topological polar surface area (TPSA) is 81.7 Å². The zero-order valence-electron chi connectivity index (χ0n) is 18.5. The lowest BCUT2D eigenvalue weighted by atomic mass is 9.89. The molecule has 1 N–H and O–H groups in total. The second-order valence-corrected chi connectivity index (χ2v) is 11.1. The van der Waals surface area contributed by atoms with Crippen LogP contribution in [-0.4, -0.2) is 26.0 Å². The highest BCUT2D eigenvalue weighted by atomic mass is 32.2. The average Bonchev–Trinajstić information content (AvgIpc) is 3.33. The Hall–Kier alpha value is -2.64. The molecule has 0 amide bonds. The van der Waals surface area contributed by atoms with Gasteiger partial charge in [0.05, 0.1) is 10.8 Å². The van der Waals surface area contributed by atoms with Crippen LogP contribution >= 0.6 is 0 Å². The van der Waals surface area contributed by atoms with Gasteiger partial charge in [0.1, 0.15) is 18.0 Å². The van der Waals surface area contributed by atoms with Gasteiger partial charge in [-0.3, -0.25) is 4.79 Å². The van der Waals surface area contributed by atoms with Crippen LogP contribution in [0.3, 0.4) is 0 Å². The molecule has 0 aliphatic heterocycles. The van der Waals surface area contributed by atoms with Crippen LogP contribution in [0, 0.1) is 17.8 Å². The van der Waals surface area contributed by atoms with E-state index in [1.807, 2.05) is 63.3 Å². The van der Waals surface area contributed by atoms with Gasteiger partial charge in [-0.2, -0.15) is 0 Å². The number of sulfonamides is 1. The number of fused-ring (bicyclic) bond motifs is 2. The van der Waals surface area contributed by atoms with Gasteiger partial charge in [0, 0.05) is 6.04 Å². The maximum Gasteiger partial charge on any atom is 0.311 e. The third-order valence-corrected chi connectivity index (χ3v) is 7.29. The number of allylic oxidation sites excluding steroid dienone is 1. The van der Waals surface area contributed by atoms with Crippen molar-refractivity contribution in [2.45, 2.75) is 50.3 Å². The van der Waals surface area contributed by atoms with Crippen molar-refractivity contribution < 1.29 is 22.7 Å². The Labute approximate surface area is 189 Å². The highest BCUT2D eigenvalue weighted by molar-refractivity contribution is 7.89. The Morgan fingerprint density at radius 2 is 1.66 bits per heavy atom. The van der Waals surface area contributed by atoms with Crippen molar-refractivity contribution in [1.29, 1.82) is 0 Å². The van der Waals surface area contributed by atoms with Gasteiger partial charge in [0.15, 0.2) is 0 Å². The van der Waals surface area contributed by atoms with Crippen LogP contribution in [-0.2, 0) is 26.2 Å². The van der Waals surface area contributed by atoms with Gasteiger partial charge in [-0.1, -0.05) is 42.5 Å². The molecule has 2 aliphatic carbocycles. The third-order valence-electron chi connectivity index (χ3n) is 5.81. The van der Waals surface area contributed by atoms with Crippen molar-refractivity contribution in [1.82, 2.24) is 4.72 Å². The number of hydrogen-bond donors (Lipinski definition) is 1. The van der Waals surface area contributed by atoms with E-state index < -0.39 is 27.6 Å². The minimum atomic E-state index is -3.81. The Kier molecular flexibility index (Phi) is 6.14.